The predicted molar refractivity (Wildman–Crippen MR) is 92.5 cm³/mol. The molecule has 0 saturated carbocycles. The van der Waals surface area contributed by atoms with Gasteiger partial charge in [0.15, 0.2) is 11.5 Å². The lowest BCUT2D eigenvalue weighted by molar-refractivity contribution is -0.136. The third-order valence-corrected chi connectivity index (χ3v) is 4.74. The van der Waals surface area contributed by atoms with E-state index in [1.807, 2.05) is 30.0 Å². The minimum absolute atomic E-state index is 0.0299. The summed E-state index contributed by atoms with van der Waals surface area (Å²) in [6.45, 7) is 3.22. The van der Waals surface area contributed by atoms with Crippen molar-refractivity contribution in [2.45, 2.75) is 32.7 Å². The maximum absolute atomic E-state index is 13.0. The number of nitrogens with zero attached hydrogens (tertiary/aromatic N) is 3. The lowest BCUT2D eigenvalue weighted by Gasteiger charge is -2.28. The zero-order chi connectivity index (χ0) is 17.8. The van der Waals surface area contributed by atoms with E-state index in [1.165, 1.54) is 0 Å². The van der Waals surface area contributed by atoms with Gasteiger partial charge in [0.2, 0.25) is 5.91 Å². The lowest BCUT2D eigenvalue weighted by atomic mass is 9.88. The second-order valence-electron chi connectivity index (χ2n) is 6.20. The second-order valence-corrected chi connectivity index (χ2v) is 6.20. The van der Waals surface area contributed by atoms with Crippen LogP contribution >= 0.6 is 0 Å². The van der Waals surface area contributed by atoms with E-state index in [1.54, 1.807) is 14.2 Å². The molecule has 3 rings (SSSR count). The Labute approximate surface area is 147 Å². The van der Waals surface area contributed by atoms with Gasteiger partial charge in [-0.2, -0.15) is 15.4 Å². The third kappa shape index (κ3) is 3.60. The Morgan fingerprint density at radius 3 is 2.72 bits per heavy atom. The molecule has 7 heteroatoms. The number of ether oxygens (including phenoxy) is 2. The molecule has 25 heavy (non-hydrogen) atoms. The highest BCUT2D eigenvalue weighted by Gasteiger charge is 2.30. The molecule has 1 heterocycles. The van der Waals surface area contributed by atoms with Crippen LogP contribution in [-0.2, 0) is 24.2 Å². The van der Waals surface area contributed by atoms with Gasteiger partial charge in [-0.1, -0.05) is 6.07 Å². The van der Waals surface area contributed by atoms with Crippen molar-refractivity contribution in [2.24, 2.45) is 5.92 Å². The number of aryl methyl sites for hydroxylation is 1. The summed E-state index contributed by atoms with van der Waals surface area (Å²) in [6.07, 6.45) is 2.28. The van der Waals surface area contributed by atoms with Gasteiger partial charge in [-0.15, -0.1) is 0 Å². The largest absolute Gasteiger partial charge is 0.493 e. The number of benzene rings is 1. The number of carbonyl (C=O) groups is 1. The second kappa shape index (κ2) is 7.55. The van der Waals surface area contributed by atoms with E-state index in [2.05, 4.69) is 15.4 Å². The van der Waals surface area contributed by atoms with Gasteiger partial charge in [-0.25, -0.2) is 0 Å². The van der Waals surface area contributed by atoms with E-state index in [-0.39, 0.29) is 11.8 Å². The molecule has 0 bridgehead atoms. The first-order valence-corrected chi connectivity index (χ1v) is 8.54. The van der Waals surface area contributed by atoms with Crippen LogP contribution in [0, 0.1) is 5.92 Å². The Morgan fingerprint density at radius 1 is 1.24 bits per heavy atom. The number of aromatic nitrogens is 3. The van der Waals surface area contributed by atoms with Crippen LogP contribution in [0.3, 0.4) is 0 Å². The molecule has 1 aromatic heterocycles. The summed E-state index contributed by atoms with van der Waals surface area (Å²) in [7, 11) is 3.22. The maximum atomic E-state index is 13.0. The van der Waals surface area contributed by atoms with Crippen molar-refractivity contribution in [1.29, 1.82) is 0 Å². The molecule has 1 atom stereocenters. The molecule has 1 aliphatic rings. The van der Waals surface area contributed by atoms with Crippen LogP contribution in [0.1, 0.15) is 30.3 Å². The summed E-state index contributed by atoms with van der Waals surface area (Å²) >= 11 is 0. The minimum Gasteiger partial charge on any atom is -0.493 e. The summed E-state index contributed by atoms with van der Waals surface area (Å²) < 4.78 is 10.6. The Balaban J connectivity index is 1.71. The number of aromatic amines is 1. The van der Waals surface area contributed by atoms with Gasteiger partial charge in [0.05, 0.1) is 25.6 Å². The van der Waals surface area contributed by atoms with Crippen LogP contribution < -0.4 is 9.47 Å². The van der Waals surface area contributed by atoms with Crippen molar-refractivity contribution in [3.05, 3.63) is 35.2 Å². The van der Waals surface area contributed by atoms with Gasteiger partial charge < -0.3 is 14.4 Å². The number of hydrogen-bond donors (Lipinski definition) is 1. The molecule has 0 saturated heterocycles. The first-order chi connectivity index (χ1) is 12.2. The highest BCUT2D eigenvalue weighted by atomic mass is 16.5. The summed E-state index contributed by atoms with van der Waals surface area (Å²) in [5, 5.41) is 11.0. The number of amides is 1. The summed E-state index contributed by atoms with van der Waals surface area (Å²) in [5.74, 6) is 1.50. The highest BCUT2D eigenvalue weighted by Crippen LogP contribution is 2.29. The highest BCUT2D eigenvalue weighted by molar-refractivity contribution is 5.79. The molecule has 134 valence electrons. The van der Waals surface area contributed by atoms with Crippen molar-refractivity contribution in [3.8, 4) is 11.5 Å². The molecular formula is C18H24N4O3. The normalized spacial score (nSPS) is 16.2. The van der Waals surface area contributed by atoms with E-state index in [4.69, 9.17) is 9.47 Å². The van der Waals surface area contributed by atoms with Crippen LogP contribution in [0.5, 0.6) is 11.5 Å². The van der Waals surface area contributed by atoms with E-state index >= 15 is 0 Å². The molecule has 1 aliphatic carbocycles. The van der Waals surface area contributed by atoms with Crippen LogP contribution in [0.25, 0.3) is 0 Å². The maximum Gasteiger partial charge on any atom is 0.226 e. The average Bonchev–Trinajstić information content (AvgIpc) is 3.13. The molecule has 0 aliphatic heterocycles. The molecule has 1 amide bonds. The SMILES string of the molecule is CCN(Cc1ccc(OC)c(OC)c1)C(=O)[C@H]1CCc2n[nH]nc2C1. The standard InChI is InChI=1S/C18H24N4O3/c1-4-22(11-12-5-8-16(24-2)17(9-12)25-3)18(23)13-6-7-14-15(10-13)20-21-19-14/h5,8-9,13H,4,6-7,10-11H2,1-3H3,(H,19,20,21)/t13-/m0/s1. The Morgan fingerprint density at radius 2 is 2.00 bits per heavy atom. The molecule has 0 unspecified atom stereocenters. The third-order valence-electron chi connectivity index (χ3n) is 4.74. The molecule has 7 nitrogen and oxygen atoms in total. The molecule has 0 fully saturated rings. The van der Waals surface area contributed by atoms with Crippen molar-refractivity contribution in [1.82, 2.24) is 20.3 Å². The van der Waals surface area contributed by atoms with Crippen molar-refractivity contribution in [3.63, 3.8) is 0 Å². The van der Waals surface area contributed by atoms with Gasteiger partial charge in [0.1, 0.15) is 0 Å². The number of hydrogen-bond acceptors (Lipinski definition) is 5. The Kier molecular flexibility index (Phi) is 5.21. The predicted octanol–water partition coefficient (Wildman–Crippen LogP) is 1.98. The number of methoxy groups -OCH3 is 2. The molecule has 1 N–H and O–H groups in total. The van der Waals surface area contributed by atoms with E-state index in [0.29, 0.717) is 31.0 Å². The van der Waals surface area contributed by atoms with Crippen LogP contribution in [0.4, 0.5) is 0 Å². The number of carbonyl (C=O) groups excluding carboxylic acids is 1. The van der Waals surface area contributed by atoms with Gasteiger partial charge in [0.25, 0.3) is 0 Å². The van der Waals surface area contributed by atoms with Crippen LogP contribution in [-0.4, -0.2) is 47.0 Å². The number of H-pyrrole nitrogens is 1. The molecule has 2 aromatic rings. The molecule has 0 radical (unpaired) electrons. The zero-order valence-corrected chi connectivity index (χ0v) is 14.9. The van der Waals surface area contributed by atoms with E-state index in [9.17, 15) is 4.79 Å². The van der Waals surface area contributed by atoms with Crippen LogP contribution in [0.2, 0.25) is 0 Å². The Hall–Kier alpha value is -2.57. The summed E-state index contributed by atoms with van der Waals surface area (Å²) in [5.41, 5.74) is 2.93. The first kappa shape index (κ1) is 17.3. The monoisotopic (exact) mass is 344 g/mol. The van der Waals surface area contributed by atoms with Crippen LogP contribution in [0.15, 0.2) is 18.2 Å². The van der Waals surface area contributed by atoms with E-state index in [0.717, 1.165) is 29.8 Å². The fraction of sp³-hybridized carbons (Fsp3) is 0.500. The lowest BCUT2D eigenvalue weighted by Crippen LogP contribution is -2.38. The Bertz CT molecular complexity index is 744. The van der Waals surface area contributed by atoms with Crippen molar-refractivity contribution >= 4 is 5.91 Å². The molecule has 0 spiro atoms. The molecule has 1 aromatic carbocycles. The topological polar surface area (TPSA) is 80.3 Å². The molecular weight excluding hydrogens is 320 g/mol. The first-order valence-electron chi connectivity index (χ1n) is 8.54. The smallest absolute Gasteiger partial charge is 0.226 e. The van der Waals surface area contributed by atoms with Gasteiger partial charge in [-0.3, -0.25) is 4.79 Å². The van der Waals surface area contributed by atoms with Crippen molar-refractivity contribution < 1.29 is 14.3 Å². The zero-order valence-electron chi connectivity index (χ0n) is 14.9. The van der Waals surface area contributed by atoms with E-state index < -0.39 is 0 Å². The fourth-order valence-corrected chi connectivity index (χ4v) is 3.30. The summed E-state index contributed by atoms with van der Waals surface area (Å²) in [6, 6.07) is 5.76. The summed E-state index contributed by atoms with van der Waals surface area (Å²) in [4.78, 5) is 14.8. The average molecular weight is 344 g/mol. The number of fused-ring (bicyclic) bond motifs is 1. The number of rotatable bonds is 6. The van der Waals surface area contributed by atoms with Gasteiger partial charge in [-0.05, 0) is 37.5 Å². The number of nitrogens with one attached hydrogen (secondary N) is 1. The van der Waals surface area contributed by atoms with Gasteiger partial charge in [0, 0.05) is 25.4 Å². The van der Waals surface area contributed by atoms with Crippen molar-refractivity contribution in [2.75, 3.05) is 20.8 Å². The quantitative estimate of drug-likeness (QED) is 0.867. The van der Waals surface area contributed by atoms with Gasteiger partial charge >= 0.3 is 0 Å². The fourth-order valence-electron chi connectivity index (χ4n) is 3.30. The minimum atomic E-state index is -0.0299.